The predicted octanol–water partition coefficient (Wildman–Crippen LogP) is 6.05. The number of nitrogens with zero attached hydrogens (tertiary/aromatic N) is 2. The molecule has 0 radical (unpaired) electrons. The molecule has 0 spiro atoms. The van der Waals surface area contributed by atoms with Gasteiger partial charge in [-0.05, 0) is 54.4 Å². The van der Waals surface area contributed by atoms with Gasteiger partial charge in [-0.2, -0.15) is 0 Å². The molecule has 3 rings (SSSR count). The molecule has 3 aromatic carbocycles. The summed E-state index contributed by atoms with van der Waals surface area (Å²) < 4.78 is 28.4. The summed E-state index contributed by atoms with van der Waals surface area (Å²) in [6.45, 7) is 1.06. The van der Waals surface area contributed by atoms with Gasteiger partial charge in [-0.15, -0.1) is 0 Å². The first-order valence-electron chi connectivity index (χ1n) is 11.5. The van der Waals surface area contributed by atoms with Gasteiger partial charge in [0.1, 0.15) is 12.6 Å². The fraction of sp³-hybridized carbons (Fsp3) is 0.231. The molecule has 0 aromatic heterocycles. The molecule has 12 heteroatoms. The maximum atomic E-state index is 13.9. The van der Waals surface area contributed by atoms with Crippen molar-refractivity contribution < 1.29 is 18.0 Å². The Morgan fingerprint density at radius 3 is 2.08 bits per heavy atom. The van der Waals surface area contributed by atoms with Crippen molar-refractivity contribution in [3.05, 3.63) is 92.4 Å². The van der Waals surface area contributed by atoms with Crippen molar-refractivity contribution in [2.45, 2.75) is 30.8 Å². The van der Waals surface area contributed by atoms with E-state index in [-0.39, 0.29) is 33.6 Å². The minimum atomic E-state index is -4.24. The van der Waals surface area contributed by atoms with Gasteiger partial charge < -0.3 is 10.2 Å². The molecule has 0 bridgehead atoms. The summed E-state index contributed by atoms with van der Waals surface area (Å²) in [7, 11) is -2.78. The number of rotatable bonds is 10. The van der Waals surface area contributed by atoms with E-state index >= 15 is 0 Å². The number of hydrogen-bond acceptors (Lipinski definition) is 4. The van der Waals surface area contributed by atoms with Gasteiger partial charge in [-0.3, -0.25) is 13.9 Å². The fourth-order valence-electron chi connectivity index (χ4n) is 3.85. The van der Waals surface area contributed by atoms with E-state index in [2.05, 4.69) is 5.32 Å². The van der Waals surface area contributed by atoms with Crippen LogP contribution in [0.3, 0.4) is 0 Å². The van der Waals surface area contributed by atoms with E-state index in [9.17, 15) is 18.0 Å². The lowest BCUT2D eigenvalue weighted by Gasteiger charge is -2.33. The van der Waals surface area contributed by atoms with E-state index in [1.54, 1.807) is 37.3 Å². The van der Waals surface area contributed by atoms with E-state index in [4.69, 9.17) is 46.4 Å². The lowest BCUT2D eigenvalue weighted by atomic mass is 10.1. The maximum absolute atomic E-state index is 13.9. The number of benzene rings is 3. The molecular weight excluding hydrogens is 592 g/mol. The number of hydrogen-bond donors (Lipinski definition) is 1. The highest BCUT2D eigenvalue weighted by molar-refractivity contribution is 7.92. The van der Waals surface area contributed by atoms with Crippen LogP contribution < -0.4 is 9.62 Å². The zero-order valence-electron chi connectivity index (χ0n) is 20.5. The second-order valence-corrected chi connectivity index (χ2v) is 11.8. The number of sulfonamides is 1. The maximum Gasteiger partial charge on any atom is 0.264 e. The molecule has 38 heavy (non-hydrogen) atoms. The van der Waals surface area contributed by atoms with Crippen LogP contribution >= 0.6 is 46.4 Å². The van der Waals surface area contributed by atoms with Gasteiger partial charge in [0.05, 0.1) is 10.6 Å². The zero-order valence-corrected chi connectivity index (χ0v) is 24.3. The molecule has 1 atom stereocenters. The Morgan fingerprint density at radius 2 is 1.53 bits per heavy atom. The Bertz CT molecular complexity index is 1400. The molecule has 0 saturated carbocycles. The molecule has 7 nitrogen and oxygen atoms in total. The standard InChI is InChI=1S/C26H25Cl4N3O4S/c1-3-24(26(35)31-2)32(15-17-9-10-18(27)14-23(17)30)25(34)16-33(21-12-19(28)11-20(29)13-21)38(36,37)22-7-5-4-6-8-22/h4-14,24H,3,15-16H2,1-2H3,(H,31,35)/t24-/m1/s1. The molecular formula is C26H25Cl4N3O4S. The zero-order chi connectivity index (χ0) is 28.0. The Balaban J connectivity index is 2.10. The Morgan fingerprint density at radius 1 is 0.895 bits per heavy atom. The summed E-state index contributed by atoms with van der Waals surface area (Å²) in [6.07, 6.45) is 0.269. The fourth-order valence-corrected chi connectivity index (χ4v) is 6.25. The first kappa shape index (κ1) is 30.1. The number of carbonyl (C=O) groups is 2. The van der Waals surface area contributed by atoms with Crippen LogP contribution in [0.2, 0.25) is 20.1 Å². The largest absolute Gasteiger partial charge is 0.357 e. The molecule has 0 unspecified atom stereocenters. The number of likely N-dealkylation sites (N-methyl/N-ethyl adjacent to an activating group) is 1. The normalized spacial score (nSPS) is 12.1. The topological polar surface area (TPSA) is 86.8 Å². The molecule has 3 aromatic rings. The lowest BCUT2D eigenvalue weighted by Crippen LogP contribution is -2.51. The highest BCUT2D eigenvalue weighted by Gasteiger charge is 2.33. The number of halogens is 4. The van der Waals surface area contributed by atoms with Crippen molar-refractivity contribution >= 4 is 73.9 Å². The van der Waals surface area contributed by atoms with Gasteiger partial charge in [-0.1, -0.05) is 77.6 Å². The molecule has 202 valence electrons. The van der Waals surface area contributed by atoms with Crippen molar-refractivity contribution in [3.8, 4) is 0 Å². The average molecular weight is 617 g/mol. The van der Waals surface area contributed by atoms with Crippen molar-refractivity contribution in [1.29, 1.82) is 0 Å². The summed E-state index contributed by atoms with van der Waals surface area (Å²) in [5, 5.41) is 3.66. The van der Waals surface area contributed by atoms with Gasteiger partial charge in [0.15, 0.2) is 0 Å². The second-order valence-electron chi connectivity index (χ2n) is 8.25. The minimum absolute atomic E-state index is 0.0328. The van der Waals surface area contributed by atoms with Gasteiger partial charge in [0, 0.05) is 33.7 Å². The van der Waals surface area contributed by atoms with Gasteiger partial charge in [-0.25, -0.2) is 8.42 Å². The number of nitrogens with one attached hydrogen (secondary N) is 1. The second kappa shape index (κ2) is 13.0. The average Bonchev–Trinajstić information content (AvgIpc) is 2.87. The van der Waals surface area contributed by atoms with Crippen molar-refractivity contribution in [1.82, 2.24) is 10.2 Å². The summed E-state index contributed by atoms with van der Waals surface area (Å²) in [5.41, 5.74) is 0.632. The molecule has 1 N–H and O–H groups in total. The Kier molecular flexibility index (Phi) is 10.3. The van der Waals surface area contributed by atoms with Gasteiger partial charge in [0.2, 0.25) is 11.8 Å². The number of anilines is 1. The monoisotopic (exact) mass is 615 g/mol. The third-order valence-electron chi connectivity index (χ3n) is 5.73. The number of amides is 2. The van der Waals surface area contributed by atoms with Crippen LogP contribution in [0.4, 0.5) is 5.69 Å². The highest BCUT2D eigenvalue weighted by atomic mass is 35.5. The van der Waals surface area contributed by atoms with E-state index in [1.165, 1.54) is 48.3 Å². The van der Waals surface area contributed by atoms with Crippen LogP contribution in [0.1, 0.15) is 18.9 Å². The van der Waals surface area contributed by atoms with Gasteiger partial charge >= 0.3 is 0 Å². The molecule has 0 aliphatic heterocycles. The molecule has 0 heterocycles. The number of carbonyl (C=O) groups excluding carboxylic acids is 2. The predicted molar refractivity (Wildman–Crippen MR) is 153 cm³/mol. The summed E-state index contributed by atoms with van der Waals surface area (Å²) in [6, 6.07) is 15.8. The van der Waals surface area contributed by atoms with E-state index in [0.717, 1.165) is 4.31 Å². The van der Waals surface area contributed by atoms with Crippen LogP contribution in [-0.4, -0.2) is 44.8 Å². The quantitative estimate of drug-likeness (QED) is 0.300. The van der Waals surface area contributed by atoms with Crippen LogP contribution in [0.25, 0.3) is 0 Å². The van der Waals surface area contributed by atoms with Crippen LogP contribution in [0, 0.1) is 0 Å². The smallest absolute Gasteiger partial charge is 0.264 e. The van der Waals surface area contributed by atoms with Crippen molar-refractivity contribution in [3.63, 3.8) is 0 Å². The molecule has 0 fully saturated rings. The summed E-state index contributed by atoms with van der Waals surface area (Å²) >= 11 is 24.8. The third-order valence-corrected chi connectivity index (χ3v) is 8.54. The van der Waals surface area contributed by atoms with Crippen LogP contribution in [0.5, 0.6) is 0 Å². The van der Waals surface area contributed by atoms with Crippen molar-refractivity contribution in [2.75, 3.05) is 17.9 Å². The molecule has 0 aliphatic rings. The highest BCUT2D eigenvalue weighted by Crippen LogP contribution is 2.30. The first-order chi connectivity index (χ1) is 18.0. The first-order valence-corrected chi connectivity index (χ1v) is 14.4. The Labute approximate surface area is 242 Å². The van der Waals surface area contributed by atoms with Gasteiger partial charge in [0.25, 0.3) is 10.0 Å². The van der Waals surface area contributed by atoms with E-state index < -0.39 is 34.4 Å². The summed E-state index contributed by atoms with van der Waals surface area (Å²) in [5.74, 6) is -1.05. The lowest BCUT2D eigenvalue weighted by molar-refractivity contribution is -0.140. The molecule has 2 amide bonds. The Hall–Kier alpha value is -2.49. The molecule has 0 saturated heterocycles. The SMILES string of the molecule is CC[C@H](C(=O)NC)N(Cc1ccc(Cl)cc1Cl)C(=O)CN(c1cc(Cl)cc(Cl)c1)S(=O)(=O)c1ccccc1. The van der Waals surface area contributed by atoms with E-state index in [0.29, 0.717) is 15.6 Å². The van der Waals surface area contributed by atoms with Crippen molar-refractivity contribution in [2.24, 2.45) is 0 Å². The minimum Gasteiger partial charge on any atom is -0.357 e. The van der Waals surface area contributed by atoms with Crippen LogP contribution in [-0.2, 0) is 26.2 Å². The van der Waals surface area contributed by atoms with Crippen LogP contribution in [0.15, 0.2) is 71.6 Å². The molecule has 0 aliphatic carbocycles. The summed E-state index contributed by atoms with van der Waals surface area (Å²) in [4.78, 5) is 27.9. The third kappa shape index (κ3) is 7.12. The van der Waals surface area contributed by atoms with E-state index in [1.807, 2.05) is 0 Å².